The lowest BCUT2D eigenvalue weighted by Crippen LogP contribution is -2.47. The van der Waals surface area contributed by atoms with Gasteiger partial charge in [0.1, 0.15) is 11.9 Å². The summed E-state index contributed by atoms with van der Waals surface area (Å²) in [4.78, 5) is 0. The van der Waals surface area contributed by atoms with Crippen molar-refractivity contribution in [1.82, 2.24) is 5.32 Å². The summed E-state index contributed by atoms with van der Waals surface area (Å²) in [6.45, 7) is 3.12. The highest BCUT2D eigenvalue weighted by Gasteiger charge is 2.30. The predicted octanol–water partition coefficient (Wildman–Crippen LogP) is 2.87. The zero-order valence-electron chi connectivity index (χ0n) is 9.88. The van der Waals surface area contributed by atoms with Gasteiger partial charge in [0, 0.05) is 12.1 Å². The summed E-state index contributed by atoms with van der Waals surface area (Å²) in [5, 5.41) is 3.37. The summed E-state index contributed by atoms with van der Waals surface area (Å²) in [6.07, 6.45) is 2.92. The molecule has 1 saturated carbocycles. The fourth-order valence-corrected chi connectivity index (χ4v) is 1.93. The zero-order chi connectivity index (χ0) is 12.3. The van der Waals surface area contributed by atoms with E-state index >= 15 is 0 Å². The van der Waals surface area contributed by atoms with Gasteiger partial charge in [-0.15, -0.1) is 0 Å². The predicted molar refractivity (Wildman–Crippen MR) is 62.1 cm³/mol. The highest BCUT2D eigenvalue weighted by atomic mass is 19.1. The van der Waals surface area contributed by atoms with Gasteiger partial charge >= 0.3 is 0 Å². The Hall–Kier alpha value is -1.16. The first kappa shape index (κ1) is 12.3. The van der Waals surface area contributed by atoms with Crippen molar-refractivity contribution in [2.75, 3.05) is 6.54 Å². The van der Waals surface area contributed by atoms with E-state index in [0.29, 0.717) is 6.04 Å². The number of halogens is 2. The zero-order valence-corrected chi connectivity index (χ0v) is 9.88. The Bertz CT molecular complexity index is 378. The Labute approximate surface area is 100.0 Å². The topological polar surface area (TPSA) is 21.3 Å². The van der Waals surface area contributed by atoms with Gasteiger partial charge in [0.2, 0.25) is 0 Å². The molecule has 1 aromatic rings. The standard InChI is InChI=1S/C13H17F2NO/c1-2-5-16-10-7-11(8-10)17-13-4-3-9(14)6-12(13)15/h3-4,6,10-11,16H,2,5,7-8H2,1H3. The molecule has 2 rings (SSSR count). The summed E-state index contributed by atoms with van der Waals surface area (Å²) in [6, 6.07) is 3.88. The summed E-state index contributed by atoms with van der Waals surface area (Å²) < 4.78 is 31.4. The van der Waals surface area contributed by atoms with Gasteiger partial charge in [-0.25, -0.2) is 8.78 Å². The molecule has 0 spiro atoms. The second-order valence-corrected chi connectivity index (χ2v) is 4.44. The average molecular weight is 241 g/mol. The molecule has 1 aliphatic carbocycles. The van der Waals surface area contributed by atoms with Crippen LogP contribution in [0.15, 0.2) is 18.2 Å². The van der Waals surface area contributed by atoms with Crippen molar-refractivity contribution >= 4 is 0 Å². The van der Waals surface area contributed by atoms with Crippen molar-refractivity contribution < 1.29 is 13.5 Å². The minimum atomic E-state index is -0.630. The normalized spacial score (nSPS) is 23.2. The average Bonchev–Trinajstić information content (AvgIpc) is 2.24. The third kappa shape index (κ3) is 3.16. The molecule has 1 aliphatic rings. The maximum absolute atomic E-state index is 13.3. The number of nitrogens with one attached hydrogen (secondary N) is 1. The van der Waals surface area contributed by atoms with Crippen LogP contribution in [0.3, 0.4) is 0 Å². The van der Waals surface area contributed by atoms with E-state index in [4.69, 9.17) is 4.74 Å². The van der Waals surface area contributed by atoms with Crippen LogP contribution in [-0.2, 0) is 0 Å². The molecule has 0 radical (unpaired) electrons. The Morgan fingerprint density at radius 3 is 2.76 bits per heavy atom. The van der Waals surface area contributed by atoms with Crippen molar-refractivity contribution in [3.63, 3.8) is 0 Å². The summed E-state index contributed by atoms with van der Waals surface area (Å²) in [5.41, 5.74) is 0. The van der Waals surface area contributed by atoms with Crippen molar-refractivity contribution in [2.24, 2.45) is 0 Å². The lowest BCUT2D eigenvalue weighted by atomic mass is 9.89. The Balaban J connectivity index is 1.79. The van der Waals surface area contributed by atoms with E-state index in [-0.39, 0.29) is 11.9 Å². The highest BCUT2D eigenvalue weighted by molar-refractivity contribution is 5.25. The minimum Gasteiger partial charge on any atom is -0.487 e. The van der Waals surface area contributed by atoms with Crippen LogP contribution in [-0.4, -0.2) is 18.7 Å². The van der Waals surface area contributed by atoms with Gasteiger partial charge in [0.25, 0.3) is 0 Å². The van der Waals surface area contributed by atoms with E-state index in [1.165, 1.54) is 12.1 Å². The fraction of sp³-hybridized carbons (Fsp3) is 0.538. The quantitative estimate of drug-likeness (QED) is 0.855. The van der Waals surface area contributed by atoms with Crippen LogP contribution >= 0.6 is 0 Å². The van der Waals surface area contributed by atoms with E-state index in [0.717, 1.165) is 31.9 Å². The molecule has 0 aliphatic heterocycles. The highest BCUT2D eigenvalue weighted by Crippen LogP contribution is 2.27. The van der Waals surface area contributed by atoms with Crippen LogP contribution in [0, 0.1) is 11.6 Å². The first-order valence-corrected chi connectivity index (χ1v) is 6.04. The van der Waals surface area contributed by atoms with Crippen LogP contribution in [0.2, 0.25) is 0 Å². The smallest absolute Gasteiger partial charge is 0.167 e. The van der Waals surface area contributed by atoms with Crippen molar-refractivity contribution in [1.29, 1.82) is 0 Å². The molecule has 0 amide bonds. The molecule has 1 N–H and O–H groups in total. The molecular weight excluding hydrogens is 224 g/mol. The molecule has 0 heterocycles. The molecule has 0 bridgehead atoms. The monoisotopic (exact) mass is 241 g/mol. The van der Waals surface area contributed by atoms with E-state index < -0.39 is 11.6 Å². The van der Waals surface area contributed by atoms with Crippen LogP contribution in [0.4, 0.5) is 8.78 Å². The van der Waals surface area contributed by atoms with Crippen LogP contribution in [0.1, 0.15) is 26.2 Å². The van der Waals surface area contributed by atoms with E-state index in [2.05, 4.69) is 12.2 Å². The van der Waals surface area contributed by atoms with E-state index in [1.54, 1.807) is 0 Å². The van der Waals surface area contributed by atoms with Gasteiger partial charge in [0.05, 0.1) is 0 Å². The molecule has 4 heteroatoms. The molecule has 0 atom stereocenters. The van der Waals surface area contributed by atoms with E-state index in [9.17, 15) is 8.78 Å². The summed E-state index contributed by atoms with van der Waals surface area (Å²) in [7, 11) is 0. The molecule has 17 heavy (non-hydrogen) atoms. The maximum atomic E-state index is 13.3. The first-order valence-electron chi connectivity index (χ1n) is 6.04. The van der Waals surface area contributed by atoms with E-state index in [1.807, 2.05) is 0 Å². The summed E-state index contributed by atoms with van der Waals surface area (Å²) >= 11 is 0. The third-order valence-corrected chi connectivity index (χ3v) is 2.97. The number of benzene rings is 1. The third-order valence-electron chi connectivity index (χ3n) is 2.97. The second kappa shape index (κ2) is 5.45. The number of rotatable bonds is 5. The van der Waals surface area contributed by atoms with Crippen molar-refractivity contribution in [2.45, 2.75) is 38.3 Å². The van der Waals surface area contributed by atoms with Crippen LogP contribution < -0.4 is 10.1 Å². The van der Waals surface area contributed by atoms with Gasteiger partial charge in [-0.2, -0.15) is 0 Å². The molecule has 0 saturated heterocycles. The molecule has 1 fully saturated rings. The molecular formula is C13H17F2NO. The number of hydrogen-bond acceptors (Lipinski definition) is 2. The van der Waals surface area contributed by atoms with Gasteiger partial charge < -0.3 is 10.1 Å². The molecule has 1 aromatic carbocycles. The number of ether oxygens (including phenoxy) is 1. The fourth-order valence-electron chi connectivity index (χ4n) is 1.93. The molecule has 94 valence electrons. The van der Waals surface area contributed by atoms with Gasteiger partial charge in [-0.05, 0) is 37.9 Å². The lowest BCUT2D eigenvalue weighted by Gasteiger charge is -2.36. The Morgan fingerprint density at radius 2 is 2.12 bits per heavy atom. The maximum Gasteiger partial charge on any atom is 0.167 e. The van der Waals surface area contributed by atoms with Crippen molar-refractivity contribution in [3.8, 4) is 5.75 Å². The van der Waals surface area contributed by atoms with Gasteiger partial charge in [-0.1, -0.05) is 6.92 Å². The molecule has 0 aromatic heterocycles. The SMILES string of the molecule is CCCNC1CC(Oc2ccc(F)cc2F)C1. The van der Waals surface area contributed by atoms with Crippen molar-refractivity contribution in [3.05, 3.63) is 29.8 Å². The summed E-state index contributed by atoms with van der Waals surface area (Å²) in [5.74, 6) is -1.06. The minimum absolute atomic E-state index is 0.0457. The second-order valence-electron chi connectivity index (χ2n) is 4.44. The van der Waals surface area contributed by atoms with Crippen LogP contribution in [0.25, 0.3) is 0 Å². The largest absolute Gasteiger partial charge is 0.487 e. The molecule has 0 unspecified atom stereocenters. The van der Waals surface area contributed by atoms with Gasteiger partial charge in [-0.3, -0.25) is 0 Å². The molecule has 2 nitrogen and oxygen atoms in total. The van der Waals surface area contributed by atoms with Crippen LogP contribution in [0.5, 0.6) is 5.75 Å². The first-order chi connectivity index (χ1) is 8.19. The number of hydrogen-bond donors (Lipinski definition) is 1. The Kier molecular flexibility index (Phi) is 3.94. The lowest BCUT2D eigenvalue weighted by molar-refractivity contribution is 0.0811. The Morgan fingerprint density at radius 1 is 1.35 bits per heavy atom. The van der Waals surface area contributed by atoms with Gasteiger partial charge in [0.15, 0.2) is 11.6 Å².